The second-order valence-corrected chi connectivity index (χ2v) is 2.77. The number of H-pyrrole nitrogens is 1. The Labute approximate surface area is 79.8 Å². The summed E-state index contributed by atoms with van der Waals surface area (Å²) < 4.78 is 12.8. The molecule has 14 heavy (non-hydrogen) atoms. The number of nitrogens with one attached hydrogen (secondary N) is 1. The predicted molar refractivity (Wildman–Crippen MR) is 48.7 cm³/mol. The van der Waals surface area contributed by atoms with Gasteiger partial charge in [0.15, 0.2) is 0 Å². The van der Waals surface area contributed by atoms with Gasteiger partial charge in [-0.15, -0.1) is 0 Å². The number of nitrogens with zero attached hydrogens (tertiary/aromatic N) is 2. The van der Waals surface area contributed by atoms with E-state index in [1.807, 2.05) is 6.07 Å². The van der Waals surface area contributed by atoms with Gasteiger partial charge in [-0.05, 0) is 12.1 Å². The molecule has 0 saturated heterocycles. The number of rotatable bonds is 1. The van der Waals surface area contributed by atoms with Crippen LogP contribution in [0, 0.1) is 17.1 Å². The Balaban J connectivity index is 2.45. The standard InChI is InChI=1S/C10H6FN3/c11-8-3-1-2-7(4-8)10-13-6-9(5-12)14-10/h1-4,6H,(H,13,14). The Kier molecular flexibility index (Phi) is 1.99. The summed E-state index contributed by atoms with van der Waals surface area (Å²) in [6.07, 6.45) is 1.42. The minimum absolute atomic E-state index is 0.322. The fourth-order valence-electron chi connectivity index (χ4n) is 1.16. The summed E-state index contributed by atoms with van der Waals surface area (Å²) in [6, 6.07) is 7.96. The maximum absolute atomic E-state index is 12.8. The molecular weight excluding hydrogens is 181 g/mol. The molecule has 4 heteroatoms. The highest BCUT2D eigenvalue weighted by Crippen LogP contribution is 2.15. The van der Waals surface area contributed by atoms with Crippen LogP contribution in [0.15, 0.2) is 30.5 Å². The normalized spacial score (nSPS) is 9.71. The van der Waals surface area contributed by atoms with Crippen LogP contribution in [0.2, 0.25) is 0 Å². The molecule has 0 aliphatic rings. The molecule has 1 aromatic heterocycles. The molecule has 1 heterocycles. The van der Waals surface area contributed by atoms with E-state index in [1.54, 1.807) is 12.1 Å². The van der Waals surface area contributed by atoms with E-state index in [4.69, 9.17) is 5.26 Å². The van der Waals surface area contributed by atoms with Crippen molar-refractivity contribution in [2.45, 2.75) is 0 Å². The van der Waals surface area contributed by atoms with Crippen molar-refractivity contribution < 1.29 is 4.39 Å². The Morgan fingerprint density at radius 3 is 2.93 bits per heavy atom. The maximum Gasteiger partial charge on any atom is 0.138 e. The zero-order valence-electron chi connectivity index (χ0n) is 7.16. The molecular formula is C10H6FN3. The third-order valence-corrected chi connectivity index (χ3v) is 1.79. The molecule has 0 atom stereocenters. The van der Waals surface area contributed by atoms with Crippen LogP contribution in [0.5, 0.6) is 0 Å². The minimum atomic E-state index is -0.322. The van der Waals surface area contributed by atoms with E-state index in [9.17, 15) is 4.39 Å². The van der Waals surface area contributed by atoms with Crippen molar-refractivity contribution in [3.05, 3.63) is 42.0 Å². The van der Waals surface area contributed by atoms with E-state index in [-0.39, 0.29) is 5.82 Å². The molecule has 0 spiro atoms. The SMILES string of the molecule is N#Cc1cnc(-c2cccc(F)c2)[nH]1. The lowest BCUT2D eigenvalue weighted by atomic mass is 10.2. The van der Waals surface area contributed by atoms with Crippen LogP contribution < -0.4 is 0 Å². The van der Waals surface area contributed by atoms with Gasteiger partial charge < -0.3 is 4.98 Å². The van der Waals surface area contributed by atoms with E-state index >= 15 is 0 Å². The van der Waals surface area contributed by atoms with Crippen LogP contribution in [-0.4, -0.2) is 9.97 Å². The average Bonchev–Trinajstić information content (AvgIpc) is 2.66. The second-order valence-electron chi connectivity index (χ2n) is 2.77. The third-order valence-electron chi connectivity index (χ3n) is 1.79. The summed E-state index contributed by atoms with van der Waals surface area (Å²) in [5.41, 5.74) is 0.996. The van der Waals surface area contributed by atoms with E-state index in [2.05, 4.69) is 9.97 Å². The average molecular weight is 187 g/mol. The van der Waals surface area contributed by atoms with Crippen molar-refractivity contribution >= 4 is 0 Å². The summed E-state index contributed by atoms with van der Waals surface area (Å²) in [5.74, 6) is 0.179. The van der Waals surface area contributed by atoms with Gasteiger partial charge in [-0.1, -0.05) is 12.1 Å². The highest BCUT2D eigenvalue weighted by Gasteiger charge is 2.03. The van der Waals surface area contributed by atoms with Crippen molar-refractivity contribution in [2.75, 3.05) is 0 Å². The third kappa shape index (κ3) is 1.48. The van der Waals surface area contributed by atoms with Crippen molar-refractivity contribution in [3.63, 3.8) is 0 Å². The topological polar surface area (TPSA) is 52.5 Å². The van der Waals surface area contributed by atoms with Gasteiger partial charge in [-0.3, -0.25) is 0 Å². The Morgan fingerprint density at radius 2 is 2.29 bits per heavy atom. The number of imidazole rings is 1. The van der Waals surface area contributed by atoms with Crippen LogP contribution in [-0.2, 0) is 0 Å². The lowest BCUT2D eigenvalue weighted by molar-refractivity contribution is 0.628. The van der Waals surface area contributed by atoms with Crippen LogP contribution in [0.1, 0.15) is 5.69 Å². The first kappa shape index (κ1) is 8.45. The monoisotopic (exact) mass is 187 g/mol. The van der Waals surface area contributed by atoms with Crippen LogP contribution in [0.25, 0.3) is 11.4 Å². The lowest BCUT2D eigenvalue weighted by Crippen LogP contribution is -1.82. The maximum atomic E-state index is 12.8. The lowest BCUT2D eigenvalue weighted by Gasteiger charge is -1.95. The van der Waals surface area contributed by atoms with Gasteiger partial charge >= 0.3 is 0 Å². The van der Waals surface area contributed by atoms with Gasteiger partial charge in [-0.2, -0.15) is 5.26 Å². The van der Waals surface area contributed by atoms with Crippen molar-refractivity contribution in [3.8, 4) is 17.5 Å². The van der Waals surface area contributed by atoms with Crippen LogP contribution in [0.4, 0.5) is 4.39 Å². The summed E-state index contributed by atoms with van der Waals surface area (Å²) in [4.78, 5) is 6.72. The number of nitriles is 1. The first-order chi connectivity index (χ1) is 6.79. The Hall–Kier alpha value is -2.15. The Morgan fingerprint density at radius 1 is 1.43 bits per heavy atom. The van der Waals surface area contributed by atoms with Crippen LogP contribution >= 0.6 is 0 Å². The van der Waals surface area contributed by atoms with Gasteiger partial charge in [0.25, 0.3) is 0 Å². The van der Waals surface area contributed by atoms with Crippen LogP contribution in [0.3, 0.4) is 0 Å². The fraction of sp³-hybridized carbons (Fsp3) is 0. The summed E-state index contributed by atoms with van der Waals surface area (Å²) in [5, 5.41) is 8.56. The van der Waals surface area contributed by atoms with Gasteiger partial charge in [-0.25, -0.2) is 9.37 Å². The number of benzene rings is 1. The summed E-state index contributed by atoms with van der Waals surface area (Å²) in [6.45, 7) is 0. The van der Waals surface area contributed by atoms with Gasteiger partial charge in [0.2, 0.25) is 0 Å². The summed E-state index contributed by atoms with van der Waals surface area (Å²) >= 11 is 0. The molecule has 0 fully saturated rings. The van der Waals surface area contributed by atoms with Gasteiger partial charge in [0.1, 0.15) is 23.4 Å². The number of aromatic amines is 1. The molecule has 2 aromatic rings. The molecule has 0 saturated carbocycles. The quantitative estimate of drug-likeness (QED) is 0.743. The van der Waals surface area contributed by atoms with Crippen molar-refractivity contribution in [1.82, 2.24) is 9.97 Å². The fourth-order valence-corrected chi connectivity index (χ4v) is 1.16. The highest BCUT2D eigenvalue weighted by molar-refractivity contribution is 5.55. The molecule has 2 rings (SSSR count). The molecule has 3 nitrogen and oxygen atoms in total. The molecule has 0 unspecified atom stereocenters. The minimum Gasteiger partial charge on any atom is -0.330 e. The molecule has 0 amide bonds. The predicted octanol–water partition coefficient (Wildman–Crippen LogP) is 2.09. The van der Waals surface area contributed by atoms with Gasteiger partial charge in [0, 0.05) is 5.56 Å². The zero-order valence-corrected chi connectivity index (χ0v) is 7.16. The molecule has 0 radical (unpaired) electrons. The Bertz CT molecular complexity index is 496. The molecule has 0 bridgehead atoms. The molecule has 1 N–H and O–H groups in total. The molecule has 1 aromatic carbocycles. The molecule has 68 valence electrons. The van der Waals surface area contributed by atoms with E-state index in [0.717, 1.165) is 0 Å². The zero-order chi connectivity index (χ0) is 9.97. The molecule has 0 aliphatic carbocycles. The number of hydrogen-bond donors (Lipinski definition) is 1. The smallest absolute Gasteiger partial charge is 0.138 e. The first-order valence-corrected chi connectivity index (χ1v) is 4.00. The number of hydrogen-bond acceptors (Lipinski definition) is 2. The second kappa shape index (κ2) is 3.30. The highest BCUT2D eigenvalue weighted by atomic mass is 19.1. The van der Waals surface area contributed by atoms with Crippen molar-refractivity contribution in [1.29, 1.82) is 5.26 Å². The van der Waals surface area contributed by atoms with Gasteiger partial charge in [0.05, 0.1) is 6.20 Å². The van der Waals surface area contributed by atoms with E-state index in [1.165, 1.54) is 18.3 Å². The van der Waals surface area contributed by atoms with E-state index in [0.29, 0.717) is 17.1 Å². The molecule has 0 aliphatic heterocycles. The summed E-state index contributed by atoms with van der Waals surface area (Å²) in [7, 11) is 0. The van der Waals surface area contributed by atoms with Crippen molar-refractivity contribution in [2.24, 2.45) is 0 Å². The first-order valence-electron chi connectivity index (χ1n) is 4.00. The van der Waals surface area contributed by atoms with E-state index < -0.39 is 0 Å². The largest absolute Gasteiger partial charge is 0.330 e. The number of halogens is 1. The number of aromatic nitrogens is 2.